The first-order valence-corrected chi connectivity index (χ1v) is 5.24. The van der Waals surface area contributed by atoms with Crippen molar-refractivity contribution in [3.05, 3.63) is 60.4 Å². The monoisotopic (exact) mass is 228 g/mol. The van der Waals surface area contributed by atoms with Gasteiger partial charge in [-0.15, -0.1) is 0 Å². The van der Waals surface area contributed by atoms with Crippen molar-refractivity contribution >= 4 is 6.09 Å². The molecule has 1 heterocycles. The second kappa shape index (κ2) is 5.65. The average Bonchev–Trinajstić information content (AvgIpc) is 2.39. The summed E-state index contributed by atoms with van der Waals surface area (Å²) in [5.41, 5.74) is 0.977. The maximum atomic E-state index is 11.4. The molecule has 1 aromatic carbocycles. The highest BCUT2D eigenvalue weighted by molar-refractivity contribution is 5.70. The Bertz CT molecular complexity index is 471. The van der Waals surface area contributed by atoms with E-state index < -0.39 is 6.09 Å². The molecule has 4 heteroatoms. The van der Waals surface area contributed by atoms with Gasteiger partial charge in [0.2, 0.25) is 0 Å². The predicted octanol–water partition coefficient (Wildman–Crippen LogP) is 2.37. The van der Waals surface area contributed by atoms with Crippen LogP contribution < -0.4 is 10.1 Å². The molecule has 17 heavy (non-hydrogen) atoms. The number of hydrogen-bond donors (Lipinski definition) is 1. The Kier molecular flexibility index (Phi) is 3.70. The lowest BCUT2D eigenvalue weighted by atomic mass is 10.3. The highest BCUT2D eigenvalue weighted by atomic mass is 16.5. The van der Waals surface area contributed by atoms with Crippen LogP contribution in [0, 0.1) is 0 Å². The second-order valence-corrected chi connectivity index (χ2v) is 3.41. The van der Waals surface area contributed by atoms with Crippen molar-refractivity contribution in [3.63, 3.8) is 0 Å². The predicted molar refractivity (Wildman–Crippen MR) is 63.5 cm³/mol. The van der Waals surface area contributed by atoms with Crippen LogP contribution >= 0.6 is 0 Å². The van der Waals surface area contributed by atoms with Crippen molar-refractivity contribution in [2.75, 3.05) is 0 Å². The summed E-state index contributed by atoms with van der Waals surface area (Å²) in [7, 11) is 0. The Morgan fingerprint density at radius 3 is 2.53 bits per heavy atom. The SMILES string of the molecule is O=C(NCc1ccncc1)Oc1ccccc1. The van der Waals surface area contributed by atoms with E-state index in [1.807, 2.05) is 30.3 Å². The summed E-state index contributed by atoms with van der Waals surface area (Å²) in [4.78, 5) is 15.3. The van der Waals surface area contributed by atoms with Gasteiger partial charge in [-0.2, -0.15) is 0 Å². The summed E-state index contributed by atoms with van der Waals surface area (Å²) in [6.07, 6.45) is 2.90. The summed E-state index contributed by atoms with van der Waals surface area (Å²) in [5.74, 6) is 0.528. The van der Waals surface area contributed by atoms with E-state index in [2.05, 4.69) is 10.3 Å². The van der Waals surface area contributed by atoms with Gasteiger partial charge in [-0.3, -0.25) is 4.98 Å². The zero-order valence-corrected chi connectivity index (χ0v) is 9.17. The zero-order valence-electron chi connectivity index (χ0n) is 9.17. The number of carbonyl (C=O) groups excluding carboxylic acids is 1. The highest BCUT2D eigenvalue weighted by Crippen LogP contribution is 2.08. The van der Waals surface area contributed by atoms with E-state index in [-0.39, 0.29) is 0 Å². The maximum absolute atomic E-state index is 11.4. The number of ether oxygens (including phenoxy) is 1. The van der Waals surface area contributed by atoms with Crippen LogP contribution in [0.15, 0.2) is 54.9 Å². The molecule has 1 amide bonds. The lowest BCUT2D eigenvalue weighted by Gasteiger charge is -2.06. The number of carbonyl (C=O) groups is 1. The van der Waals surface area contributed by atoms with Crippen molar-refractivity contribution in [2.45, 2.75) is 6.54 Å². The maximum Gasteiger partial charge on any atom is 0.412 e. The molecule has 0 aliphatic rings. The molecular weight excluding hydrogens is 216 g/mol. The Morgan fingerprint density at radius 2 is 1.82 bits per heavy atom. The van der Waals surface area contributed by atoms with Gasteiger partial charge in [0, 0.05) is 18.9 Å². The molecule has 0 radical (unpaired) electrons. The molecule has 2 rings (SSSR count). The number of para-hydroxylation sites is 1. The molecular formula is C13H12N2O2. The smallest absolute Gasteiger partial charge is 0.410 e. The number of hydrogen-bond acceptors (Lipinski definition) is 3. The molecule has 0 bridgehead atoms. The van der Waals surface area contributed by atoms with Crippen LogP contribution in [-0.2, 0) is 6.54 Å². The Morgan fingerprint density at radius 1 is 1.12 bits per heavy atom. The van der Waals surface area contributed by atoms with Crippen LogP contribution in [0.25, 0.3) is 0 Å². The molecule has 0 unspecified atom stereocenters. The topological polar surface area (TPSA) is 51.2 Å². The van der Waals surface area contributed by atoms with Crippen molar-refractivity contribution in [1.29, 1.82) is 0 Å². The number of benzene rings is 1. The zero-order chi connectivity index (χ0) is 11.9. The van der Waals surface area contributed by atoms with E-state index >= 15 is 0 Å². The number of aromatic nitrogens is 1. The second-order valence-electron chi connectivity index (χ2n) is 3.41. The van der Waals surface area contributed by atoms with Gasteiger partial charge in [-0.25, -0.2) is 4.79 Å². The molecule has 0 aliphatic heterocycles. The summed E-state index contributed by atoms with van der Waals surface area (Å²) in [6.45, 7) is 0.425. The van der Waals surface area contributed by atoms with Gasteiger partial charge >= 0.3 is 6.09 Å². The Balaban J connectivity index is 1.83. The van der Waals surface area contributed by atoms with Gasteiger partial charge in [-0.1, -0.05) is 18.2 Å². The minimum atomic E-state index is -0.465. The third-order valence-electron chi connectivity index (χ3n) is 2.14. The first kappa shape index (κ1) is 11.1. The third kappa shape index (κ3) is 3.61. The van der Waals surface area contributed by atoms with Gasteiger partial charge in [0.25, 0.3) is 0 Å². The molecule has 4 nitrogen and oxygen atoms in total. The Labute approximate surface area is 99.3 Å². The first-order valence-electron chi connectivity index (χ1n) is 5.24. The summed E-state index contributed by atoms with van der Waals surface area (Å²) in [5, 5.41) is 2.66. The van der Waals surface area contributed by atoms with Crippen LogP contribution in [0.2, 0.25) is 0 Å². The summed E-state index contributed by atoms with van der Waals surface area (Å²) < 4.78 is 5.07. The lowest BCUT2D eigenvalue weighted by Crippen LogP contribution is -2.26. The van der Waals surface area contributed by atoms with Crippen molar-refractivity contribution < 1.29 is 9.53 Å². The van der Waals surface area contributed by atoms with Gasteiger partial charge < -0.3 is 10.1 Å². The lowest BCUT2D eigenvalue weighted by molar-refractivity contribution is 0.200. The molecule has 0 saturated heterocycles. The number of pyridine rings is 1. The van der Waals surface area contributed by atoms with E-state index in [0.29, 0.717) is 12.3 Å². The molecule has 0 fully saturated rings. The van der Waals surface area contributed by atoms with Crippen LogP contribution in [0.4, 0.5) is 4.79 Å². The standard InChI is InChI=1S/C13H12N2O2/c16-13(17-12-4-2-1-3-5-12)15-10-11-6-8-14-9-7-11/h1-9H,10H2,(H,15,16). The number of nitrogens with zero attached hydrogens (tertiary/aromatic N) is 1. The number of nitrogens with one attached hydrogen (secondary N) is 1. The molecule has 2 aromatic rings. The number of rotatable bonds is 3. The fraction of sp³-hybridized carbons (Fsp3) is 0.0769. The normalized spacial score (nSPS) is 9.65. The van der Waals surface area contributed by atoms with Gasteiger partial charge in [-0.05, 0) is 29.8 Å². The quantitative estimate of drug-likeness (QED) is 0.877. The minimum Gasteiger partial charge on any atom is -0.410 e. The first-order chi connectivity index (χ1) is 8.34. The van der Waals surface area contributed by atoms with Crippen LogP contribution in [0.5, 0.6) is 5.75 Å². The molecule has 0 saturated carbocycles. The van der Waals surface area contributed by atoms with E-state index in [9.17, 15) is 4.79 Å². The molecule has 1 N–H and O–H groups in total. The van der Waals surface area contributed by atoms with Gasteiger partial charge in [0.05, 0.1) is 0 Å². The van der Waals surface area contributed by atoms with Crippen molar-refractivity contribution in [2.24, 2.45) is 0 Å². The van der Waals surface area contributed by atoms with Crippen LogP contribution in [-0.4, -0.2) is 11.1 Å². The molecule has 0 atom stereocenters. The highest BCUT2D eigenvalue weighted by Gasteiger charge is 2.02. The van der Waals surface area contributed by atoms with Crippen molar-refractivity contribution in [3.8, 4) is 5.75 Å². The largest absolute Gasteiger partial charge is 0.412 e. The van der Waals surface area contributed by atoms with Crippen LogP contribution in [0.3, 0.4) is 0 Å². The molecule has 86 valence electrons. The van der Waals surface area contributed by atoms with E-state index in [4.69, 9.17) is 4.74 Å². The van der Waals surface area contributed by atoms with Crippen molar-refractivity contribution in [1.82, 2.24) is 10.3 Å². The van der Waals surface area contributed by atoms with Gasteiger partial charge in [0.15, 0.2) is 0 Å². The van der Waals surface area contributed by atoms with Crippen LogP contribution in [0.1, 0.15) is 5.56 Å². The molecule has 0 spiro atoms. The third-order valence-corrected chi connectivity index (χ3v) is 2.14. The van der Waals surface area contributed by atoms with E-state index in [0.717, 1.165) is 5.56 Å². The summed E-state index contributed by atoms with van der Waals surface area (Å²) >= 11 is 0. The Hall–Kier alpha value is -2.36. The van der Waals surface area contributed by atoms with E-state index in [1.165, 1.54) is 0 Å². The fourth-order valence-corrected chi connectivity index (χ4v) is 1.31. The molecule has 1 aromatic heterocycles. The summed E-state index contributed by atoms with van der Waals surface area (Å²) in [6, 6.07) is 12.6. The van der Waals surface area contributed by atoms with E-state index in [1.54, 1.807) is 24.5 Å². The number of amides is 1. The minimum absolute atomic E-state index is 0.425. The van der Waals surface area contributed by atoms with Gasteiger partial charge in [0.1, 0.15) is 5.75 Å². The fourth-order valence-electron chi connectivity index (χ4n) is 1.31. The average molecular weight is 228 g/mol. The molecule has 0 aliphatic carbocycles.